The zero-order valence-electron chi connectivity index (χ0n) is 11.0. The normalized spacial score (nSPS) is 10.9. The van der Waals surface area contributed by atoms with E-state index in [0.717, 1.165) is 29.8 Å². The molecule has 0 atom stereocenters. The molecule has 4 heteroatoms. The maximum atomic E-state index is 5.92. The maximum Gasteiger partial charge on any atom is 0.0461 e. The van der Waals surface area contributed by atoms with Crippen molar-refractivity contribution in [3.8, 4) is 0 Å². The Kier molecular flexibility index (Phi) is 4.93. The molecular weight excluding hydrogens is 302 g/mol. The number of halogens is 1. The van der Waals surface area contributed by atoms with Gasteiger partial charge in [0.25, 0.3) is 0 Å². The van der Waals surface area contributed by atoms with Crippen molar-refractivity contribution in [1.29, 1.82) is 0 Å². The summed E-state index contributed by atoms with van der Waals surface area (Å²) in [6.07, 6.45) is 3.67. The third kappa shape index (κ3) is 3.78. The number of nitrogens with zero attached hydrogens (tertiary/aromatic N) is 2. The largest absolute Gasteiger partial charge is 0.398 e. The van der Waals surface area contributed by atoms with Crippen LogP contribution in [0.15, 0.2) is 47.2 Å². The first-order chi connectivity index (χ1) is 9.20. The van der Waals surface area contributed by atoms with E-state index in [1.165, 1.54) is 11.1 Å². The molecule has 0 spiro atoms. The molecule has 19 heavy (non-hydrogen) atoms. The first-order valence-electron chi connectivity index (χ1n) is 6.34. The number of anilines is 1. The number of aromatic nitrogens is 1. The van der Waals surface area contributed by atoms with Crippen molar-refractivity contribution >= 4 is 21.6 Å². The van der Waals surface area contributed by atoms with Gasteiger partial charge in [0.1, 0.15) is 0 Å². The van der Waals surface area contributed by atoms with E-state index in [4.69, 9.17) is 5.73 Å². The highest BCUT2D eigenvalue weighted by Gasteiger charge is 2.08. The average Bonchev–Trinajstić information content (AvgIpc) is 2.44. The van der Waals surface area contributed by atoms with Crippen molar-refractivity contribution in [2.24, 2.45) is 0 Å². The van der Waals surface area contributed by atoms with Gasteiger partial charge in [-0.3, -0.25) is 9.88 Å². The molecule has 0 aliphatic heterocycles. The summed E-state index contributed by atoms with van der Waals surface area (Å²) in [5, 5.41) is 0. The van der Waals surface area contributed by atoms with Crippen LogP contribution in [-0.2, 0) is 13.1 Å². The SMILES string of the molecule is CCN(Cc1ccncc1)Cc1cccc(N)c1Br. The zero-order chi connectivity index (χ0) is 13.7. The fourth-order valence-corrected chi connectivity index (χ4v) is 2.38. The molecule has 2 rings (SSSR count). The summed E-state index contributed by atoms with van der Waals surface area (Å²) in [5.74, 6) is 0. The van der Waals surface area contributed by atoms with E-state index in [1.54, 1.807) is 0 Å². The second-order valence-corrected chi connectivity index (χ2v) is 5.27. The van der Waals surface area contributed by atoms with E-state index in [1.807, 2.05) is 24.5 Å². The monoisotopic (exact) mass is 319 g/mol. The lowest BCUT2D eigenvalue weighted by molar-refractivity contribution is 0.271. The molecule has 3 nitrogen and oxygen atoms in total. The Morgan fingerprint density at radius 2 is 1.89 bits per heavy atom. The van der Waals surface area contributed by atoms with Gasteiger partial charge in [-0.15, -0.1) is 0 Å². The minimum absolute atomic E-state index is 0.789. The minimum atomic E-state index is 0.789. The minimum Gasteiger partial charge on any atom is -0.398 e. The highest BCUT2D eigenvalue weighted by molar-refractivity contribution is 9.10. The summed E-state index contributed by atoms with van der Waals surface area (Å²) in [4.78, 5) is 6.42. The summed E-state index contributed by atoms with van der Waals surface area (Å²) in [7, 11) is 0. The van der Waals surface area contributed by atoms with Crippen LogP contribution in [0.2, 0.25) is 0 Å². The molecule has 1 aromatic carbocycles. The van der Waals surface area contributed by atoms with Crippen molar-refractivity contribution in [2.75, 3.05) is 12.3 Å². The number of rotatable bonds is 5. The molecule has 0 amide bonds. The standard InChI is InChI=1S/C15H18BrN3/c1-2-19(10-12-6-8-18-9-7-12)11-13-4-3-5-14(17)15(13)16/h3-9H,2,10-11,17H2,1H3. The fourth-order valence-electron chi connectivity index (χ4n) is 1.99. The summed E-state index contributed by atoms with van der Waals surface area (Å²) in [6, 6.07) is 10.1. The number of nitrogen functional groups attached to an aromatic ring is 1. The summed E-state index contributed by atoms with van der Waals surface area (Å²) < 4.78 is 1.00. The van der Waals surface area contributed by atoms with Gasteiger partial charge >= 0.3 is 0 Å². The van der Waals surface area contributed by atoms with Crippen LogP contribution < -0.4 is 5.73 Å². The van der Waals surface area contributed by atoms with Gasteiger partial charge in [-0.1, -0.05) is 19.1 Å². The van der Waals surface area contributed by atoms with Crippen molar-refractivity contribution in [3.63, 3.8) is 0 Å². The van der Waals surface area contributed by atoms with Crippen LogP contribution in [0.3, 0.4) is 0 Å². The molecule has 0 unspecified atom stereocenters. The second-order valence-electron chi connectivity index (χ2n) is 4.48. The first kappa shape index (κ1) is 14.0. The van der Waals surface area contributed by atoms with Gasteiger partial charge in [-0.05, 0) is 51.8 Å². The quantitative estimate of drug-likeness (QED) is 0.858. The van der Waals surface area contributed by atoms with Crippen LogP contribution in [0.5, 0.6) is 0 Å². The summed E-state index contributed by atoms with van der Waals surface area (Å²) in [5.41, 5.74) is 9.20. The Morgan fingerprint density at radius 1 is 1.16 bits per heavy atom. The Balaban J connectivity index is 2.09. The molecule has 2 N–H and O–H groups in total. The molecule has 0 radical (unpaired) electrons. The molecule has 2 aromatic rings. The lowest BCUT2D eigenvalue weighted by Gasteiger charge is -2.21. The van der Waals surface area contributed by atoms with Crippen LogP contribution in [0.1, 0.15) is 18.1 Å². The van der Waals surface area contributed by atoms with E-state index in [2.05, 4.69) is 50.9 Å². The smallest absolute Gasteiger partial charge is 0.0461 e. The number of hydrogen-bond donors (Lipinski definition) is 1. The molecule has 0 saturated carbocycles. The predicted octanol–water partition coefficient (Wildman–Crippen LogP) is 3.45. The fraction of sp³-hybridized carbons (Fsp3) is 0.267. The van der Waals surface area contributed by atoms with E-state index in [9.17, 15) is 0 Å². The summed E-state index contributed by atoms with van der Waals surface area (Å²) >= 11 is 3.56. The van der Waals surface area contributed by atoms with Crippen LogP contribution in [0.25, 0.3) is 0 Å². The lowest BCUT2D eigenvalue weighted by Crippen LogP contribution is -2.22. The Morgan fingerprint density at radius 3 is 2.58 bits per heavy atom. The number of hydrogen-bond acceptors (Lipinski definition) is 3. The van der Waals surface area contributed by atoms with Gasteiger partial charge in [0, 0.05) is 35.6 Å². The van der Waals surface area contributed by atoms with Crippen LogP contribution in [-0.4, -0.2) is 16.4 Å². The van der Waals surface area contributed by atoms with Gasteiger partial charge < -0.3 is 5.73 Å². The van der Waals surface area contributed by atoms with Gasteiger partial charge in [0.15, 0.2) is 0 Å². The van der Waals surface area contributed by atoms with Crippen molar-refractivity contribution in [3.05, 3.63) is 58.3 Å². The van der Waals surface area contributed by atoms with Crippen molar-refractivity contribution < 1.29 is 0 Å². The second kappa shape index (κ2) is 6.68. The Bertz CT molecular complexity index is 528. The Labute approximate surface area is 122 Å². The number of nitrogens with two attached hydrogens (primary N) is 1. The molecular formula is C15H18BrN3. The lowest BCUT2D eigenvalue weighted by atomic mass is 10.1. The third-order valence-corrected chi connectivity index (χ3v) is 4.07. The predicted molar refractivity (Wildman–Crippen MR) is 82.6 cm³/mol. The van der Waals surface area contributed by atoms with Gasteiger partial charge in [-0.25, -0.2) is 0 Å². The number of benzene rings is 1. The third-order valence-electron chi connectivity index (χ3n) is 3.11. The molecule has 0 bridgehead atoms. The zero-order valence-corrected chi connectivity index (χ0v) is 12.6. The van der Waals surface area contributed by atoms with Crippen molar-refractivity contribution in [2.45, 2.75) is 20.0 Å². The molecule has 0 saturated heterocycles. The summed E-state index contributed by atoms with van der Waals surface area (Å²) in [6.45, 7) is 4.95. The molecule has 100 valence electrons. The molecule has 1 heterocycles. The molecule has 0 aliphatic carbocycles. The van der Waals surface area contributed by atoms with Crippen LogP contribution in [0, 0.1) is 0 Å². The van der Waals surface area contributed by atoms with Crippen LogP contribution in [0.4, 0.5) is 5.69 Å². The maximum absolute atomic E-state index is 5.92. The van der Waals surface area contributed by atoms with E-state index in [0.29, 0.717) is 0 Å². The van der Waals surface area contributed by atoms with Crippen LogP contribution >= 0.6 is 15.9 Å². The molecule has 0 aliphatic rings. The first-order valence-corrected chi connectivity index (χ1v) is 7.14. The number of pyridine rings is 1. The topological polar surface area (TPSA) is 42.2 Å². The molecule has 0 fully saturated rings. The molecule has 1 aromatic heterocycles. The Hall–Kier alpha value is -1.39. The van der Waals surface area contributed by atoms with Gasteiger partial charge in [0.2, 0.25) is 0 Å². The van der Waals surface area contributed by atoms with E-state index < -0.39 is 0 Å². The van der Waals surface area contributed by atoms with E-state index in [-0.39, 0.29) is 0 Å². The highest BCUT2D eigenvalue weighted by atomic mass is 79.9. The van der Waals surface area contributed by atoms with E-state index >= 15 is 0 Å². The van der Waals surface area contributed by atoms with Crippen molar-refractivity contribution in [1.82, 2.24) is 9.88 Å². The highest BCUT2D eigenvalue weighted by Crippen LogP contribution is 2.25. The van der Waals surface area contributed by atoms with Gasteiger partial charge in [0.05, 0.1) is 0 Å². The van der Waals surface area contributed by atoms with Gasteiger partial charge in [-0.2, -0.15) is 0 Å². The average molecular weight is 320 g/mol.